The van der Waals surface area contributed by atoms with Gasteiger partial charge in [-0.3, -0.25) is 9.59 Å². The summed E-state index contributed by atoms with van der Waals surface area (Å²) in [5, 5.41) is 3.58. The smallest absolute Gasteiger partial charge is 0.242 e. The second kappa shape index (κ2) is 9.60. The van der Waals surface area contributed by atoms with Gasteiger partial charge in [-0.1, -0.05) is 66.5 Å². The van der Waals surface area contributed by atoms with E-state index in [1.54, 1.807) is 30.1 Å². The van der Waals surface area contributed by atoms with E-state index in [1.807, 2.05) is 37.3 Å². The van der Waals surface area contributed by atoms with Gasteiger partial charge in [-0.25, -0.2) is 0 Å². The molecule has 0 saturated heterocycles. The lowest BCUT2D eigenvalue weighted by molar-refractivity contribution is -0.140. The third-order valence-electron chi connectivity index (χ3n) is 4.22. The molecule has 2 amide bonds. The van der Waals surface area contributed by atoms with Crippen LogP contribution in [-0.4, -0.2) is 29.8 Å². The number of hydrogen-bond acceptors (Lipinski definition) is 2. The summed E-state index contributed by atoms with van der Waals surface area (Å²) in [6, 6.07) is 14.0. The lowest BCUT2D eigenvalue weighted by atomic mass is 10.1. The van der Waals surface area contributed by atoms with E-state index >= 15 is 0 Å². The third kappa shape index (κ3) is 4.99. The lowest BCUT2D eigenvalue weighted by Crippen LogP contribution is -2.48. The molecule has 0 aliphatic carbocycles. The van der Waals surface area contributed by atoms with Crippen LogP contribution in [0.25, 0.3) is 0 Å². The number of halogens is 2. The van der Waals surface area contributed by atoms with Gasteiger partial charge in [0, 0.05) is 29.2 Å². The summed E-state index contributed by atoms with van der Waals surface area (Å²) in [4.78, 5) is 26.9. The molecule has 2 aromatic rings. The summed E-state index contributed by atoms with van der Waals surface area (Å²) in [6.45, 7) is 2.05. The average Bonchev–Trinajstić information content (AvgIpc) is 2.64. The average molecular weight is 393 g/mol. The molecule has 0 unspecified atom stereocenters. The van der Waals surface area contributed by atoms with Crippen molar-refractivity contribution in [3.8, 4) is 0 Å². The summed E-state index contributed by atoms with van der Waals surface area (Å²) in [7, 11) is 1.56. The van der Waals surface area contributed by atoms with Gasteiger partial charge in [0.15, 0.2) is 0 Å². The van der Waals surface area contributed by atoms with Gasteiger partial charge in [0.1, 0.15) is 6.04 Å². The Kier molecular flexibility index (Phi) is 7.49. The van der Waals surface area contributed by atoms with Crippen LogP contribution in [0.3, 0.4) is 0 Å². The van der Waals surface area contributed by atoms with Gasteiger partial charge in [0.25, 0.3) is 0 Å². The van der Waals surface area contributed by atoms with Gasteiger partial charge in [0.2, 0.25) is 11.8 Å². The van der Waals surface area contributed by atoms with Crippen LogP contribution in [0, 0.1) is 0 Å². The Balaban J connectivity index is 2.34. The highest BCUT2D eigenvalue weighted by atomic mass is 35.5. The molecule has 0 aromatic heterocycles. The summed E-state index contributed by atoms with van der Waals surface area (Å²) < 4.78 is 0. The van der Waals surface area contributed by atoms with Crippen molar-refractivity contribution in [1.29, 1.82) is 0 Å². The highest BCUT2D eigenvalue weighted by molar-refractivity contribution is 6.36. The molecule has 0 bridgehead atoms. The molecule has 6 heteroatoms. The number of carbonyl (C=O) groups is 2. The number of hydrogen-bond donors (Lipinski definition) is 1. The third-order valence-corrected chi connectivity index (χ3v) is 4.93. The minimum atomic E-state index is -0.594. The van der Waals surface area contributed by atoms with Crippen LogP contribution in [-0.2, 0) is 22.6 Å². The molecule has 0 aliphatic rings. The van der Waals surface area contributed by atoms with E-state index in [1.165, 1.54) is 0 Å². The molecule has 26 heavy (non-hydrogen) atoms. The highest BCUT2D eigenvalue weighted by Gasteiger charge is 2.29. The molecule has 0 aliphatic heterocycles. The van der Waals surface area contributed by atoms with Crippen LogP contribution >= 0.6 is 23.2 Å². The van der Waals surface area contributed by atoms with E-state index in [-0.39, 0.29) is 24.8 Å². The topological polar surface area (TPSA) is 49.4 Å². The molecular formula is C20H22Cl2N2O2. The fourth-order valence-electron chi connectivity index (χ4n) is 2.81. The molecule has 2 rings (SSSR count). The Morgan fingerprint density at radius 3 is 2.19 bits per heavy atom. The Bertz CT molecular complexity index is 745. The van der Waals surface area contributed by atoms with E-state index in [4.69, 9.17) is 23.2 Å². The summed E-state index contributed by atoms with van der Waals surface area (Å²) in [5.74, 6) is -0.361. The van der Waals surface area contributed by atoms with Gasteiger partial charge in [-0.2, -0.15) is 0 Å². The lowest BCUT2D eigenvalue weighted by Gasteiger charge is -2.31. The molecule has 1 atom stereocenters. The SMILES string of the molecule is CC[C@H](C(=O)NC)N(Cc1c(Cl)cccc1Cl)C(=O)Cc1ccccc1. The van der Waals surface area contributed by atoms with E-state index in [0.29, 0.717) is 22.0 Å². The zero-order valence-corrected chi connectivity index (χ0v) is 16.3. The maximum Gasteiger partial charge on any atom is 0.242 e. The number of amides is 2. The summed E-state index contributed by atoms with van der Waals surface area (Å²) in [5.41, 5.74) is 1.53. The predicted molar refractivity (Wildman–Crippen MR) is 105 cm³/mol. The minimum Gasteiger partial charge on any atom is -0.357 e. The molecule has 0 fully saturated rings. The van der Waals surface area contributed by atoms with Crippen molar-refractivity contribution in [3.63, 3.8) is 0 Å². The van der Waals surface area contributed by atoms with Gasteiger partial charge < -0.3 is 10.2 Å². The zero-order valence-electron chi connectivity index (χ0n) is 14.8. The Hall–Kier alpha value is -2.04. The Morgan fingerprint density at radius 2 is 1.65 bits per heavy atom. The Labute approximate surface area is 164 Å². The molecule has 1 N–H and O–H groups in total. The number of nitrogens with one attached hydrogen (secondary N) is 1. The van der Waals surface area contributed by atoms with Gasteiger partial charge >= 0.3 is 0 Å². The predicted octanol–water partition coefficient (Wildman–Crippen LogP) is 4.09. The largest absolute Gasteiger partial charge is 0.357 e. The second-order valence-electron chi connectivity index (χ2n) is 5.92. The van der Waals surface area contributed by atoms with Gasteiger partial charge in [-0.15, -0.1) is 0 Å². The summed E-state index contributed by atoms with van der Waals surface area (Å²) in [6.07, 6.45) is 0.693. The first-order chi connectivity index (χ1) is 12.5. The molecule has 0 radical (unpaired) electrons. The molecule has 138 valence electrons. The number of rotatable bonds is 7. The summed E-state index contributed by atoms with van der Waals surface area (Å²) >= 11 is 12.6. The van der Waals surface area contributed by atoms with Crippen molar-refractivity contribution in [3.05, 3.63) is 69.7 Å². The fraction of sp³-hybridized carbons (Fsp3) is 0.300. The standard InChI is InChI=1S/C20H22Cl2N2O2/c1-3-18(20(26)23-2)24(13-15-16(21)10-7-11-17(15)22)19(25)12-14-8-5-4-6-9-14/h4-11,18H,3,12-13H2,1-2H3,(H,23,26)/t18-/m1/s1. The van der Waals surface area contributed by atoms with E-state index < -0.39 is 6.04 Å². The number of carbonyl (C=O) groups excluding carboxylic acids is 2. The van der Waals surface area contributed by atoms with E-state index in [9.17, 15) is 9.59 Å². The Morgan fingerprint density at radius 1 is 1.04 bits per heavy atom. The molecule has 0 heterocycles. The van der Waals surface area contributed by atoms with Crippen molar-refractivity contribution < 1.29 is 9.59 Å². The number of nitrogens with zero attached hydrogens (tertiary/aromatic N) is 1. The molecule has 2 aromatic carbocycles. The molecule has 4 nitrogen and oxygen atoms in total. The second-order valence-corrected chi connectivity index (χ2v) is 6.74. The van der Waals surface area contributed by atoms with Gasteiger partial charge in [0.05, 0.1) is 6.42 Å². The van der Waals surface area contributed by atoms with Crippen LogP contribution < -0.4 is 5.32 Å². The van der Waals surface area contributed by atoms with E-state index in [2.05, 4.69) is 5.32 Å². The van der Waals surface area contributed by atoms with Crippen molar-refractivity contribution in [2.75, 3.05) is 7.05 Å². The molecule has 0 saturated carbocycles. The van der Waals surface area contributed by atoms with Crippen molar-refractivity contribution >= 4 is 35.0 Å². The monoisotopic (exact) mass is 392 g/mol. The molecular weight excluding hydrogens is 371 g/mol. The maximum absolute atomic E-state index is 13.0. The van der Waals surface area contributed by atoms with Crippen molar-refractivity contribution in [2.24, 2.45) is 0 Å². The van der Waals surface area contributed by atoms with E-state index in [0.717, 1.165) is 5.56 Å². The molecule has 0 spiro atoms. The first-order valence-electron chi connectivity index (χ1n) is 8.45. The first kappa shape index (κ1) is 20.3. The fourth-order valence-corrected chi connectivity index (χ4v) is 3.33. The van der Waals surface area contributed by atoms with Crippen LogP contribution in [0.1, 0.15) is 24.5 Å². The number of likely N-dealkylation sites (N-methyl/N-ethyl adjacent to an activating group) is 1. The van der Waals surface area contributed by atoms with Crippen LogP contribution in [0.2, 0.25) is 10.0 Å². The van der Waals surface area contributed by atoms with Gasteiger partial charge in [-0.05, 0) is 24.1 Å². The minimum absolute atomic E-state index is 0.150. The first-order valence-corrected chi connectivity index (χ1v) is 9.21. The quantitative estimate of drug-likeness (QED) is 0.771. The van der Waals surface area contributed by atoms with Crippen molar-refractivity contribution in [1.82, 2.24) is 10.2 Å². The van der Waals surface area contributed by atoms with Crippen LogP contribution in [0.5, 0.6) is 0 Å². The van der Waals surface area contributed by atoms with Crippen LogP contribution in [0.15, 0.2) is 48.5 Å². The van der Waals surface area contributed by atoms with Crippen LogP contribution in [0.4, 0.5) is 0 Å². The zero-order chi connectivity index (χ0) is 19.1. The maximum atomic E-state index is 13.0. The highest BCUT2D eigenvalue weighted by Crippen LogP contribution is 2.27. The normalized spacial score (nSPS) is 11.7. The van der Waals surface area contributed by atoms with Crippen molar-refractivity contribution in [2.45, 2.75) is 32.4 Å². The number of benzene rings is 2.